The van der Waals surface area contributed by atoms with Crippen molar-refractivity contribution < 1.29 is 9.59 Å². The second-order valence-electron chi connectivity index (χ2n) is 6.67. The molecule has 19 heavy (non-hydrogen) atoms. The molecule has 5 heteroatoms. The molecule has 0 bridgehead atoms. The molecular formula is C14H27N3O2. The molecule has 0 radical (unpaired) electrons. The number of carbonyl (C=O) groups excluding carboxylic acids is 2. The summed E-state index contributed by atoms with van der Waals surface area (Å²) in [5, 5.41) is 8.91. The van der Waals surface area contributed by atoms with Crippen LogP contribution in [0.1, 0.15) is 41.0 Å². The first-order valence-electron chi connectivity index (χ1n) is 7.02. The van der Waals surface area contributed by atoms with Gasteiger partial charge in [-0.25, -0.2) is 0 Å². The summed E-state index contributed by atoms with van der Waals surface area (Å²) in [6.07, 6.45) is 0.881. The van der Waals surface area contributed by atoms with Gasteiger partial charge in [-0.3, -0.25) is 9.59 Å². The lowest BCUT2D eigenvalue weighted by atomic mass is 9.91. The van der Waals surface area contributed by atoms with Crippen LogP contribution in [-0.2, 0) is 9.59 Å². The SMILES string of the molecule is CC1CNCC(C(=O)NC(C)C(=O)NC(C)(C)C)C1. The molecule has 1 fully saturated rings. The number of hydrogen-bond acceptors (Lipinski definition) is 3. The molecule has 1 rings (SSSR count). The summed E-state index contributed by atoms with van der Waals surface area (Å²) in [5.41, 5.74) is -0.281. The number of amides is 2. The summed E-state index contributed by atoms with van der Waals surface area (Å²) < 4.78 is 0. The van der Waals surface area contributed by atoms with Gasteiger partial charge >= 0.3 is 0 Å². The zero-order chi connectivity index (χ0) is 14.6. The van der Waals surface area contributed by atoms with E-state index in [1.807, 2.05) is 20.8 Å². The quantitative estimate of drug-likeness (QED) is 0.704. The normalized spacial score (nSPS) is 25.5. The van der Waals surface area contributed by atoms with Crippen LogP contribution in [0.5, 0.6) is 0 Å². The van der Waals surface area contributed by atoms with E-state index >= 15 is 0 Å². The molecular weight excluding hydrogens is 242 g/mol. The number of nitrogens with one attached hydrogen (secondary N) is 3. The van der Waals surface area contributed by atoms with Crippen molar-refractivity contribution in [3.05, 3.63) is 0 Å². The van der Waals surface area contributed by atoms with Gasteiger partial charge in [0.1, 0.15) is 6.04 Å². The molecule has 0 aromatic heterocycles. The average Bonchev–Trinajstić information content (AvgIpc) is 2.26. The van der Waals surface area contributed by atoms with Crippen LogP contribution in [0.4, 0.5) is 0 Å². The van der Waals surface area contributed by atoms with Crippen LogP contribution >= 0.6 is 0 Å². The third-order valence-electron chi connectivity index (χ3n) is 3.19. The second kappa shape index (κ2) is 6.37. The fourth-order valence-electron chi connectivity index (χ4n) is 2.23. The highest BCUT2D eigenvalue weighted by Crippen LogP contribution is 2.15. The summed E-state index contributed by atoms with van der Waals surface area (Å²) >= 11 is 0. The van der Waals surface area contributed by atoms with Crippen molar-refractivity contribution >= 4 is 11.8 Å². The lowest BCUT2D eigenvalue weighted by Crippen LogP contribution is -2.53. The van der Waals surface area contributed by atoms with Crippen molar-refractivity contribution in [3.63, 3.8) is 0 Å². The van der Waals surface area contributed by atoms with Crippen LogP contribution < -0.4 is 16.0 Å². The molecule has 0 aromatic carbocycles. The zero-order valence-corrected chi connectivity index (χ0v) is 12.7. The average molecular weight is 269 g/mol. The molecule has 3 atom stereocenters. The van der Waals surface area contributed by atoms with Crippen LogP contribution in [0.3, 0.4) is 0 Å². The highest BCUT2D eigenvalue weighted by Gasteiger charge is 2.27. The van der Waals surface area contributed by atoms with Gasteiger partial charge in [-0.2, -0.15) is 0 Å². The second-order valence-corrected chi connectivity index (χ2v) is 6.67. The summed E-state index contributed by atoms with van der Waals surface area (Å²) in [7, 11) is 0. The van der Waals surface area contributed by atoms with Crippen molar-refractivity contribution in [1.82, 2.24) is 16.0 Å². The highest BCUT2D eigenvalue weighted by atomic mass is 16.2. The van der Waals surface area contributed by atoms with Crippen LogP contribution in [0, 0.1) is 11.8 Å². The first kappa shape index (κ1) is 16.0. The van der Waals surface area contributed by atoms with Gasteiger partial charge in [-0.1, -0.05) is 6.92 Å². The summed E-state index contributed by atoms with van der Waals surface area (Å²) in [6, 6.07) is -0.496. The van der Waals surface area contributed by atoms with E-state index in [0.29, 0.717) is 12.5 Å². The van der Waals surface area contributed by atoms with Crippen molar-refractivity contribution in [2.45, 2.75) is 52.6 Å². The van der Waals surface area contributed by atoms with Gasteiger partial charge in [0, 0.05) is 12.1 Å². The van der Waals surface area contributed by atoms with Gasteiger partial charge in [0.25, 0.3) is 0 Å². The summed E-state index contributed by atoms with van der Waals surface area (Å²) in [5.74, 6) is 0.296. The molecule has 1 aliphatic rings. The molecule has 0 aromatic rings. The number of piperidine rings is 1. The topological polar surface area (TPSA) is 70.2 Å². The number of rotatable bonds is 3. The molecule has 3 N–H and O–H groups in total. The Bertz CT molecular complexity index is 336. The molecule has 110 valence electrons. The Kier molecular flexibility index (Phi) is 5.35. The maximum Gasteiger partial charge on any atom is 0.242 e. The van der Waals surface area contributed by atoms with E-state index in [1.54, 1.807) is 6.92 Å². The first-order valence-corrected chi connectivity index (χ1v) is 7.02. The van der Waals surface area contributed by atoms with Gasteiger partial charge in [0.2, 0.25) is 11.8 Å². The lowest BCUT2D eigenvalue weighted by molar-refractivity contribution is -0.132. The minimum atomic E-state index is -0.496. The number of carbonyl (C=O) groups is 2. The van der Waals surface area contributed by atoms with E-state index in [9.17, 15) is 9.59 Å². The van der Waals surface area contributed by atoms with Crippen LogP contribution in [0.2, 0.25) is 0 Å². The summed E-state index contributed by atoms with van der Waals surface area (Å²) in [6.45, 7) is 11.3. The Morgan fingerprint density at radius 2 is 1.89 bits per heavy atom. The predicted molar refractivity (Wildman–Crippen MR) is 75.6 cm³/mol. The van der Waals surface area contributed by atoms with Gasteiger partial charge in [0.05, 0.1) is 5.92 Å². The molecule has 0 saturated carbocycles. The Balaban J connectivity index is 2.45. The van der Waals surface area contributed by atoms with E-state index in [-0.39, 0.29) is 23.3 Å². The molecule has 0 spiro atoms. The molecule has 1 aliphatic heterocycles. The van der Waals surface area contributed by atoms with Crippen molar-refractivity contribution in [1.29, 1.82) is 0 Å². The van der Waals surface area contributed by atoms with Crippen molar-refractivity contribution in [2.24, 2.45) is 11.8 Å². The molecule has 1 saturated heterocycles. The monoisotopic (exact) mass is 269 g/mol. The summed E-state index contributed by atoms with van der Waals surface area (Å²) in [4.78, 5) is 24.0. The third-order valence-corrected chi connectivity index (χ3v) is 3.19. The largest absolute Gasteiger partial charge is 0.350 e. The van der Waals surface area contributed by atoms with E-state index < -0.39 is 6.04 Å². The maximum absolute atomic E-state index is 12.1. The third kappa shape index (κ3) is 5.59. The standard InChI is InChI=1S/C14H27N3O2/c1-9-6-11(8-15-7-9)13(19)16-10(2)12(18)17-14(3,4)5/h9-11,15H,6-8H2,1-5H3,(H,16,19)(H,17,18). The van der Waals surface area contributed by atoms with Crippen LogP contribution in [0.25, 0.3) is 0 Å². The van der Waals surface area contributed by atoms with E-state index in [2.05, 4.69) is 22.9 Å². The number of hydrogen-bond donors (Lipinski definition) is 3. The Morgan fingerprint density at radius 3 is 2.42 bits per heavy atom. The minimum Gasteiger partial charge on any atom is -0.350 e. The smallest absolute Gasteiger partial charge is 0.242 e. The minimum absolute atomic E-state index is 0.0318. The Hall–Kier alpha value is -1.10. The van der Waals surface area contributed by atoms with Gasteiger partial charge in [-0.15, -0.1) is 0 Å². The van der Waals surface area contributed by atoms with Gasteiger partial charge in [0.15, 0.2) is 0 Å². The predicted octanol–water partition coefficient (Wildman–Crippen LogP) is 0.651. The van der Waals surface area contributed by atoms with Crippen LogP contribution in [0.15, 0.2) is 0 Å². The van der Waals surface area contributed by atoms with Gasteiger partial charge < -0.3 is 16.0 Å². The zero-order valence-electron chi connectivity index (χ0n) is 12.7. The fourth-order valence-corrected chi connectivity index (χ4v) is 2.23. The van der Waals surface area contributed by atoms with E-state index in [1.165, 1.54) is 0 Å². The highest BCUT2D eigenvalue weighted by molar-refractivity contribution is 5.88. The molecule has 3 unspecified atom stereocenters. The van der Waals surface area contributed by atoms with E-state index in [0.717, 1.165) is 13.0 Å². The van der Waals surface area contributed by atoms with Crippen molar-refractivity contribution in [3.8, 4) is 0 Å². The van der Waals surface area contributed by atoms with Crippen molar-refractivity contribution in [2.75, 3.05) is 13.1 Å². The van der Waals surface area contributed by atoms with Crippen LogP contribution in [-0.4, -0.2) is 36.5 Å². The lowest BCUT2D eigenvalue weighted by Gasteiger charge is -2.28. The Morgan fingerprint density at radius 1 is 1.26 bits per heavy atom. The molecule has 5 nitrogen and oxygen atoms in total. The molecule has 0 aliphatic carbocycles. The maximum atomic E-state index is 12.1. The molecule has 2 amide bonds. The van der Waals surface area contributed by atoms with E-state index in [4.69, 9.17) is 0 Å². The Labute approximate surface area is 115 Å². The molecule has 1 heterocycles. The van der Waals surface area contributed by atoms with Gasteiger partial charge in [-0.05, 0) is 46.6 Å². The first-order chi connectivity index (χ1) is 8.69. The fraction of sp³-hybridized carbons (Fsp3) is 0.857.